The summed E-state index contributed by atoms with van der Waals surface area (Å²) in [6.07, 6.45) is 13.1. The van der Waals surface area contributed by atoms with E-state index in [1.807, 2.05) is 12.4 Å². The summed E-state index contributed by atoms with van der Waals surface area (Å²) in [5, 5.41) is 5.47. The summed E-state index contributed by atoms with van der Waals surface area (Å²) in [5.41, 5.74) is 1.73. The van der Waals surface area contributed by atoms with Gasteiger partial charge >= 0.3 is 0 Å². The molecule has 0 aromatic carbocycles. The minimum Gasteiger partial charge on any atom is -0.341 e. The highest BCUT2D eigenvalue weighted by atomic mass is 32.2. The van der Waals surface area contributed by atoms with Gasteiger partial charge < -0.3 is 15.1 Å². The van der Waals surface area contributed by atoms with E-state index in [9.17, 15) is 9.59 Å². The Morgan fingerprint density at radius 1 is 1.00 bits per heavy atom. The number of hydrogen-bond donors (Lipinski definition) is 2. The van der Waals surface area contributed by atoms with Crippen LogP contribution in [0.2, 0.25) is 0 Å². The molecule has 2 N–H and O–H groups in total. The lowest BCUT2D eigenvalue weighted by molar-refractivity contribution is -0.115. The van der Waals surface area contributed by atoms with Gasteiger partial charge in [-0.25, -0.2) is 19.9 Å². The highest BCUT2D eigenvalue weighted by molar-refractivity contribution is 8.18. The number of aromatic nitrogens is 4. The lowest BCUT2D eigenvalue weighted by Crippen LogP contribution is -2.38. The van der Waals surface area contributed by atoms with Gasteiger partial charge in [-0.3, -0.25) is 14.9 Å². The van der Waals surface area contributed by atoms with Crippen molar-refractivity contribution in [3.05, 3.63) is 40.8 Å². The fourth-order valence-electron chi connectivity index (χ4n) is 4.60. The Hall–Kier alpha value is -3.05. The number of imide groups is 1. The van der Waals surface area contributed by atoms with Gasteiger partial charge in [0.25, 0.3) is 11.1 Å². The molecule has 3 aliphatic heterocycles. The van der Waals surface area contributed by atoms with Gasteiger partial charge in [0, 0.05) is 56.9 Å². The smallest absolute Gasteiger partial charge is 0.290 e. The van der Waals surface area contributed by atoms with Gasteiger partial charge in [0.05, 0.1) is 10.6 Å². The quantitative estimate of drug-likeness (QED) is 0.556. The molecule has 2 aromatic heterocycles. The van der Waals surface area contributed by atoms with Crippen molar-refractivity contribution in [1.82, 2.24) is 30.6 Å². The van der Waals surface area contributed by atoms with Crippen LogP contribution in [0.1, 0.15) is 43.4 Å². The van der Waals surface area contributed by atoms with Crippen LogP contribution in [0.4, 0.5) is 16.7 Å². The molecular weight excluding hydrogens is 464 g/mol. The molecule has 0 unspecified atom stereocenters. The maximum atomic E-state index is 11.8. The molecule has 35 heavy (non-hydrogen) atoms. The second-order valence-corrected chi connectivity index (χ2v) is 10.1. The second-order valence-electron chi connectivity index (χ2n) is 9.13. The summed E-state index contributed by atoms with van der Waals surface area (Å²) in [6, 6.07) is 1.74. The minimum absolute atomic E-state index is 0.354. The highest BCUT2D eigenvalue weighted by Gasteiger charge is 2.26. The topological polar surface area (TPSA) is 116 Å². The molecule has 3 saturated heterocycles. The van der Waals surface area contributed by atoms with E-state index >= 15 is 0 Å². The first-order valence-electron chi connectivity index (χ1n) is 12.2. The largest absolute Gasteiger partial charge is 0.341 e. The van der Waals surface area contributed by atoms with Crippen molar-refractivity contribution in [3.63, 3.8) is 0 Å². The molecule has 3 fully saturated rings. The van der Waals surface area contributed by atoms with Gasteiger partial charge in [-0.05, 0) is 68.5 Å². The molecule has 11 heteroatoms. The number of nitrogens with zero attached hydrogens (tertiary/aromatic N) is 6. The van der Waals surface area contributed by atoms with Gasteiger partial charge in [-0.15, -0.1) is 0 Å². The van der Waals surface area contributed by atoms with Crippen molar-refractivity contribution in [2.24, 2.45) is 5.92 Å². The maximum absolute atomic E-state index is 11.8. The molecule has 2 aromatic rings. The van der Waals surface area contributed by atoms with Crippen molar-refractivity contribution in [2.75, 3.05) is 42.5 Å². The van der Waals surface area contributed by atoms with Crippen LogP contribution in [0.5, 0.6) is 0 Å². The van der Waals surface area contributed by atoms with E-state index in [0.29, 0.717) is 22.5 Å². The third-order valence-electron chi connectivity index (χ3n) is 6.58. The number of hydrogen-bond acceptors (Lipinski definition) is 10. The van der Waals surface area contributed by atoms with E-state index in [1.165, 1.54) is 19.3 Å². The van der Waals surface area contributed by atoms with Crippen LogP contribution in [-0.4, -0.2) is 63.8 Å². The zero-order chi connectivity index (χ0) is 24.0. The molecule has 0 saturated carbocycles. The predicted molar refractivity (Wildman–Crippen MR) is 136 cm³/mol. The number of piperidine rings is 2. The summed E-state index contributed by atoms with van der Waals surface area (Å²) in [4.78, 5) is 46.1. The Balaban J connectivity index is 1.07. The van der Waals surface area contributed by atoms with Crippen LogP contribution in [0.25, 0.3) is 6.08 Å². The number of rotatable bonds is 7. The number of carbonyl (C=O) groups excluding carboxylic acids is 2. The monoisotopic (exact) mass is 494 g/mol. The second kappa shape index (κ2) is 11.1. The standard InChI is InChI=1S/C24H30N8O2S/c33-21-20(35-24(34)30-21)12-19-4-7-26-23(29-19)32-10-5-17(6-11-32)13-25-14-18-15-27-22(28-16-18)31-8-2-1-3-9-31/h4,7,12,15-17,25H,1-3,5-6,8-11,13-14H2,(H,30,33,34)/b20-12+. The van der Waals surface area contributed by atoms with Crippen molar-refractivity contribution in [3.8, 4) is 0 Å². The van der Waals surface area contributed by atoms with E-state index in [1.54, 1.807) is 18.3 Å². The fourth-order valence-corrected chi connectivity index (χ4v) is 5.27. The summed E-state index contributed by atoms with van der Waals surface area (Å²) in [5.74, 6) is 1.72. The molecule has 5 heterocycles. The number of amides is 2. The number of nitrogens with one attached hydrogen (secondary N) is 2. The van der Waals surface area contributed by atoms with Crippen molar-refractivity contribution >= 4 is 40.9 Å². The molecule has 0 bridgehead atoms. The average Bonchev–Trinajstić information content (AvgIpc) is 3.21. The van der Waals surface area contributed by atoms with E-state index in [2.05, 4.69) is 40.4 Å². The van der Waals surface area contributed by atoms with Gasteiger partial charge in [-0.2, -0.15) is 0 Å². The van der Waals surface area contributed by atoms with Crippen LogP contribution in [0.15, 0.2) is 29.6 Å². The maximum Gasteiger partial charge on any atom is 0.290 e. The van der Waals surface area contributed by atoms with Gasteiger partial charge in [0.15, 0.2) is 0 Å². The van der Waals surface area contributed by atoms with E-state index in [-0.39, 0.29) is 11.1 Å². The van der Waals surface area contributed by atoms with Crippen LogP contribution >= 0.6 is 11.8 Å². The summed E-state index contributed by atoms with van der Waals surface area (Å²) in [7, 11) is 0. The predicted octanol–water partition coefficient (Wildman–Crippen LogP) is 2.59. The molecule has 0 spiro atoms. The Bertz CT molecular complexity index is 1080. The first-order valence-corrected chi connectivity index (χ1v) is 13.0. The normalized spacial score (nSPS) is 20.5. The van der Waals surface area contributed by atoms with Crippen LogP contribution in [0, 0.1) is 5.92 Å². The van der Waals surface area contributed by atoms with Crippen molar-refractivity contribution in [1.29, 1.82) is 0 Å². The van der Waals surface area contributed by atoms with Gasteiger partial charge in [0.1, 0.15) is 0 Å². The molecule has 0 radical (unpaired) electrons. The molecule has 2 amide bonds. The van der Waals surface area contributed by atoms with Crippen LogP contribution in [-0.2, 0) is 11.3 Å². The molecule has 10 nitrogen and oxygen atoms in total. The van der Waals surface area contributed by atoms with Crippen molar-refractivity contribution < 1.29 is 9.59 Å². The molecular formula is C24H30N8O2S. The fraction of sp³-hybridized carbons (Fsp3) is 0.500. The number of carbonyl (C=O) groups is 2. The molecule has 5 rings (SSSR count). The third-order valence-corrected chi connectivity index (χ3v) is 7.39. The lowest BCUT2D eigenvalue weighted by atomic mass is 9.97. The average molecular weight is 495 g/mol. The van der Waals surface area contributed by atoms with E-state index in [4.69, 9.17) is 0 Å². The molecule has 0 aliphatic carbocycles. The van der Waals surface area contributed by atoms with E-state index < -0.39 is 0 Å². The Morgan fingerprint density at radius 2 is 1.74 bits per heavy atom. The van der Waals surface area contributed by atoms with Crippen LogP contribution < -0.4 is 20.4 Å². The zero-order valence-corrected chi connectivity index (χ0v) is 20.5. The summed E-state index contributed by atoms with van der Waals surface area (Å²) < 4.78 is 0. The number of anilines is 2. The van der Waals surface area contributed by atoms with Gasteiger partial charge in [0.2, 0.25) is 11.9 Å². The molecule has 0 atom stereocenters. The Labute approximate surface area is 209 Å². The van der Waals surface area contributed by atoms with Gasteiger partial charge in [-0.1, -0.05) is 0 Å². The third kappa shape index (κ3) is 6.15. The number of thioether (sulfide) groups is 1. The summed E-state index contributed by atoms with van der Waals surface area (Å²) >= 11 is 0.894. The zero-order valence-electron chi connectivity index (χ0n) is 19.7. The Kier molecular flexibility index (Phi) is 7.53. The van der Waals surface area contributed by atoms with E-state index in [0.717, 1.165) is 75.4 Å². The lowest BCUT2D eigenvalue weighted by Gasteiger charge is -2.32. The molecule has 3 aliphatic rings. The highest BCUT2D eigenvalue weighted by Crippen LogP contribution is 2.26. The minimum atomic E-state index is -0.377. The SMILES string of the molecule is O=C1NC(=O)/C(=C\c2ccnc(N3CCC(CNCc4cnc(N5CCCCC5)nc4)CC3)n2)S1. The van der Waals surface area contributed by atoms with Crippen LogP contribution in [0.3, 0.4) is 0 Å². The van der Waals surface area contributed by atoms with Crippen molar-refractivity contribution in [2.45, 2.75) is 38.6 Å². The summed E-state index contributed by atoms with van der Waals surface area (Å²) in [6.45, 7) is 5.60. The Morgan fingerprint density at radius 3 is 2.46 bits per heavy atom. The molecule has 184 valence electrons. The first-order chi connectivity index (χ1) is 17.1. The first kappa shape index (κ1) is 23.7.